The zero-order valence-electron chi connectivity index (χ0n) is 14.9. The molecule has 1 aromatic heterocycles. The SMILES string of the molecule is Cc1ccc(C2(C)NC(=O)N(CC(=O)Nc3ccc(CC#N)cc3)C2=O)o1. The fourth-order valence-corrected chi connectivity index (χ4v) is 2.85. The van der Waals surface area contributed by atoms with Crippen LogP contribution in [0.4, 0.5) is 10.5 Å². The monoisotopic (exact) mass is 366 g/mol. The van der Waals surface area contributed by atoms with Crippen LogP contribution in [0.2, 0.25) is 0 Å². The molecule has 1 saturated heterocycles. The van der Waals surface area contributed by atoms with Gasteiger partial charge in [-0.15, -0.1) is 0 Å². The molecule has 1 unspecified atom stereocenters. The molecule has 1 atom stereocenters. The summed E-state index contributed by atoms with van der Waals surface area (Å²) in [7, 11) is 0. The van der Waals surface area contributed by atoms with E-state index in [0.29, 0.717) is 17.2 Å². The summed E-state index contributed by atoms with van der Waals surface area (Å²) in [6, 6.07) is 11.5. The fourth-order valence-electron chi connectivity index (χ4n) is 2.85. The Morgan fingerprint density at radius 1 is 1.26 bits per heavy atom. The van der Waals surface area contributed by atoms with E-state index in [1.807, 2.05) is 6.07 Å². The molecule has 0 spiro atoms. The molecule has 8 nitrogen and oxygen atoms in total. The zero-order valence-corrected chi connectivity index (χ0v) is 14.9. The van der Waals surface area contributed by atoms with E-state index in [2.05, 4.69) is 10.6 Å². The van der Waals surface area contributed by atoms with Crippen LogP contribution in [0.1, 0.15) is 24.0 Å². The van der Waals surface area contributed by atoms with E-state index < -0.39 is 29.9 Å². The minimum Gasteiger partial charge on any atom is -0.463 e. The summed E-state index contributed by atoms with van der Waals surface area (Å²) >= 11 is 0. The highest BCUT2D eigenvalue weighted by Crippen LogP contribution is 2.30. The van der Waals surface area contributed by atoms with Gasteiger partial charge in [-0.3, -0.25) is 14.5 Å². The van der Waals surface area contributed by atoms with E-state index >= 15 is 0 Å². The maximum absolute atomic E-state index is 12.7. The number of benzene rings is 1. The van der Waals surface area contributed by atoms with Crippen molar-refractivity contribution < 1.29 is 18.8 Å². The Morgan fingerprint density at radius 3 is 2.56 bits per heavy atom. The van der Waals surface area contributed by atoms with Crippen LogP contribution in [0.15, 0.2) is 40.8 Å². The van der Waals surface area contributed by atoms with Crippen molar-refractivity contribution in [1.29, 1.82) is 5.26 Å². The largest absolute Gasteiger partial charge is 0.463 e. The standard InChI is InChI=1S/C19H18N4O4/c1-12-3-8-15(27-12)19(2)17(25)23(18(26)22-19)11-16(24)21-14-6-4-13(5-7-14)9-10-20/h3-8H,9,11H2,1-2H3,(H,21,24)(H,22,26). The quantitative estimate of drug-likeness (QED) is 0.786. The first kappa shape index (κ1) is 18.2. The normalized spacial score (nSPS) is 18.9. The maximum Gasteiger partial charge on any atom is 0.325 e. The van der Waals surface area contributed by atoms with Gasteiger partial charge in [0.2, 0.25) is 5.91 Å². The van der Waals surface area contributed by atoms with Crippen LogP contribution in [-0.2, 0) is 21.5 Å². The molecular weight excluding hydrogens is 348 g/mol. The molecule has 2 N–H and O–H groups in total. The molecule has 138 valence electrons. The second-order valence-corrected chi connectivity index (χ2v) is 6.44. The first-order valence-corrected chi connectivity index (χ1v) is 8.30. The smallest absolute Gasteiger partial charge is 0.325 e. The Kier molecular flexibility index (Phi) is 4.69. The summed E-state index contributed by atoms with van der Waals surface area (Å²) in [6.07, 6.45) is 0.279. The number of rotatable bonds is 5. The number of hydrogen-bond donors (Lipinski definition) is 2. The average molecular weight is 366 g/mol. The van der Waals surface area contributed by atoms with Crippen molar-refractivity contribution in [1.82, 2.24) is 10.2 Å². The lowest BCUT2D eigenvalue weighted by Gasteiger charge is -2.19. The van der Waals surface area contributed by atoms with Gasteiger partial charge in [0.05, 0.1) is 12.5 Å². The number of furan rings is 1. The van der Waals surface area contributed by atoms with E-state index in [1.54, 1.807) is 43.3 Å². The van der Waals surface area contributed by atoms with Crippen LogP contribution in [-0.4, -0.2) is 29.3 Å². The lowest BCUT2D eigenvalue weighted by atomic mass is 9.99. The zero-order chi connectivity index (χ0) is 19.6. The van der Waals surface area contributed by atoms with E-state index in [-0.39, 0.29) is 6.42 Å². The number of urea groups is 1. The van der Waals surface area contributed by atoms with Crippen LogP contribution in [0.25, 0.3) is 0 Å². The van der Waals surface area contributed by atoms with Crippen LogP contribution in [0.5, 0.6) is 0 Å². The first-order valence-electron chi connectivity index (χ1n) is 8.30. The molecule has 0 bridgehead atoms. The van der Waals surface area contributed by atoms with Crippen LogP contribution >= 0.6 is 0 Å². The molecule has 1 fully saturated rings. The lowest BCUT2D eigenvalue weighted by Crippen LogP contribution is -2.41. The van der Waals surface area contributed by atoms with Crippen molar-refractivity contribution in [2.45, 2.75) is 25.8 Å². The number of nitrogens with zero attached hydrogens (tertiary/aromatic N) is 2. The van der Waals surface area contributed by atoms with Crippen molar-refractivity contribution in [3.05, 3.63) is 53.5 Å². The molecule has 1 aliphatic heterocycles. The molecule has 0 saturated carbocycles. The summed E-state index contributed by atoms with van der Waals surface area (Å²) in [5.41, 5.74) is -0.00263. The molecule has 1 aliphatic rings. The molecule has 2 heterocycles. The summed E-state index contributed by atoms with van der Waals surface area (Å²) in [4.78, 5) is 38.1. The van der Waals surface area contributed by atoms with Crippen LogP contribution in [0, 0.1) is 18.3 Å². The maximum atomic E-state index is 12.7. The predicted octanol–water partition coefficient (Wildman–Crippen LogP) is 2.06. The van der Waals surface area contributed by atoms with Gasteiger partial charge in [0.1, 0.15) is 18.1 Å². The van der Waals surface area contributed by atoms with Crippen molar-refractivity contribution in [3.63, 3.8) is 0 Å². The number of anilines is 1. The van der Waals surface area contributed by atoms with E-state index in [4.69, 9.17) is 9.68 Å². The third-order valence-corrected chi connectivity index (χ3v) is 4.33. The Balaban J connectivity index is 1.68. The number of nitriles is 1. The average Bonchev–Trinajstić information content (AvgIpc) is 3.15. The molecular formula is C19H18N4O4. The highest BCUT2D eigenvalue weighted by Gasteiger charge is 2.51. The number of nitrogens with one attached hydrogen (secondary N) is 2. The highest BCUT2D eigenvalue weighted by molar-refractivity contribution is 6.10. The predicted molar refractivity (Wildman–Crippen MR) is 95.4 cm³/mol. The number of carbonyl (C=O) groups is 3. The molecule has 27 heavy (non-hydrogen) atoms. The minimum absolute atomic E-state index is 0.279. The second kappa shape index (κ2) is 6.96. The Bertz CT molecular complexity index is 941. The van der Waals surface area contributed by atoms with Gasteiger partial charge in [0, 0.05) is 5.69 Å². The van der Waals surface area contributed by atoms with Crippen molar-refractivity contribution in [2.24, 2.45) is 0 Å². The van der Waals surface area contributed by atoms with E-state index in [0.717, 1.165) is 10.5 Å². The van der Waals surface area contributed by atoms with Crippen LogP contribution in [0.3, 0.4) is 0 Å². The molecule has 1 aromatic carbocycles. The third kappa shape index (κ3) is 3.53. The van der Waals surface area contributed by atoms with Gasteiger partial charge < -0.3 is 15.1 Å². The Morgan fingerprint density at radius 2 is 1.96 bits per heavy atom. The number of carbonyl (C=O) groups excluding carboxylic acids is 3. The van der Waals surface area contributed by atoms with Gasteiger partial charge >= 0.3 is 6.03 Å². The third-order valence-electron chi connectivity index (χ3n) is 4.33. The van der Waals surface area contributed by atoms with Crippen LogP contribution < -0.4 is 10.6 Å². The number of hydrogen-bond acceptors (Lipinski definition) is 5. The van der Waals surface area contributed by atoms with Gasteiger partial charge in [-0.05, 0) is 43.7 Å². The first-order chi connectivity index (χ1) is 12.8. The van der Waals surface area contributed by atoms with Gasteiger partial charge in [-0.25, -0.2) is 4.79 Å². The van der Waals surface area contributed by atoms with E-state index in [1.165, 1.54) is 6.92 Å². The number of aryl methyl sites for hydroxylation is 1. The molecule has 2 aromatic rings. The molecule has 4 amide bonds. The summed E-state index contributed by atoms with van der Waals surface area (Å²) in [5.74, 6) is -0.133. The highest BCUT2D eigenvalue weighted by atomic mass is 16.3. The minimum atomic E-state index is -1.34. The number of amides is 4. The lowest BCUT2D eigenvalue weighted by molar-refractivity contribution is -0.134. The second-order valence-electron chi connectivity index (χ2n) is 6.44. The summed E-state index contributed by atoms with van der Waals surface area (Å²) in [6.45, 7) is 2.86. The van der Waals surface area contributed by atoms with Gasteiger partial charge in [-0.1, -0.05) is 12.1 Å². The summed E-state index contributed by atoms with van der Waals surface area (Å²) < 4.78 is 5.48. The Labute approximate surface area is 155 Å². The van der Waals surface area contributed by atoms with Crippen molar-refractivity contribution >= 4 is 23.5 Å². The fraction of sp³-hybridized carbons (Fsp3) is 0.263. The Hall–Kier alpha value is -3.60. The van der Waals surface area contributed by atoms with Gasteiger partial charge in [0.15, 0.2) is 5.54 Å². The van der Waals surface area contributed by atoms with E-state index in [9.17, 15) is 14.4 Å². The molecule has 0 aliphatic carbocycles. The van der Waals surface area contributed by atoms with Crippen molar-refractivity contribution in [3.8, 4) is 6.07 Å². The molecule has 0 radical (unpaired) electrons. The molecule has 3 rings (SSSR count). The topological polar surface area (TPSA) is 115 Å². The molecule has 8 heteroatoms. The van der Waals surface area contributed by atoms with Crippen molar-refractivity contribution in [2.75, 3.05) is 11.9 Å². The van der Waals surface area contributed by atoms with Gasteiger partial charge in [0.25, 0.3) is 5.91 Å². The van der Waals surface area contributed by atoms with Gasteiger partial charge in [-0.2, -0.15) is 5.26 Å². The summed E-state index contributed by atoms with van der Waals surface area (Å²) in [5, 5.41) is 13.9. The number of imide groups is 1.